The minimum absolute atomic E-state index is 0.267. The molecule has 1 aliphatic heterocycles. The van der Waals surface area contributed by atoms with E-state index < -0.39 is 0 Å². The Morgan fingerprint density at radius 2 is 1.95 bits per heavy atom. The SMILES string of the molecule is Oc1ccc(-c2ncc(CN3CCOCC3)[nH]2)cc1. The number of rotatable bonds is 3. The highest BCUT2D eigenvalue weighted by atomic mass is 16.5. The number of aromatic nitrogens is 2. The number of nitrogens with one attached hydrogen (secondary N) is 1. The molecular formula is C14H17N3O2. The molecule has 1 saturated heterocycles. The van der Waals surface area contributed by atoms with Crippen LogP contribution in [0.1, 0.15) is 5.69 Å². The van der Waals surface area contributed by atoms with Crippen LogP contribution >= 0.6 is 0 Å². The number of ether oxygens (including phenoxy) is 1. The topological polar surface area (TPSA) is 61.4 Å². The maximum Gasteiger partial charge on any atom is 0.137 e. The molecule has 2 N–H and O–H groups in total. The smallest absolute Gasteiger partial charge is 0.137 e. The Kier molecular flexibility index (Phi) is 3.48. The molecule has 1 fully saturated rings. The quantitative estimate of drug-likeness (QED) is 0.879. The number of morpholine rings is 1. The third-order valence-electron chi connectivity index (χ3n) is 3.27. The minimum atomic E-state index is 0.267. The van der Waals surface area contributed by atoms with E-state index in [4.69, 9.17) is 4.74 Å². The van der Waals surface area contributed by atoms with Gasteiger partial charge in [-0.2, -0.15) is 0 Å². The number of nitrogens with zero attached hydrogens (tertiary/aromatic N) is 2. The van der Waals surface area contributed by atoms with Crippen LogP contribution in [0.15, 0.2) is 30.5 Å². The summed E-state index contributed by atoms with van der Waals surface area (Å²) < 4.78 is 5.33. The molecule has 1 aromatic carbocycles. The molecule has 19 heavy (non-hydrogen) atoms. The lowest BCUT2D eigenvalue weighted by Gasteiger charge is -2.25. The van der Waals surface area contributed by atoms with Crippen LogP contribution in [0.5, 0.6) is 5.75 Å². The molecule has 1 aromatic heterocycles. The van der Waals surface area contributed by atoms with Crippen LogP contribution in [0.4, 0.5) is 0 Å². The van der Waals surface area contributed by atoms with Gasteiger partial charge >= 0.3 is 0 Å². The molecule has 1 aliphatic rings. The number of aromatic hydroxyl groups is 1. The Labute approximate surface area is 111 Å². The van der Waals surface area contributed by atoms with Crippen molar-refractivity contribution in [3.05, 3.63) is 36.2 Å². The number of imidazole rings is 1. The van der Waals surface area contributed by atoms with Crippen molar-refractivity contribution < 1.29 is 9.84 Å². The first kappa shape index (κ1) is 12.2. The number of hydrogen-bond acceptors (Lipinski definition) is 4. The molecule has 100 valence electrons. The molecule has 0 aliphatic carbocycles. The van der Waals surface area contributed by atoms with Crippen molar-refractivity contribution in [2.75, 3.05) is 26.3 Å². The molecule has 0 bridgehead atoms. The molecule has 0 spiro atoms. The van der Waals surface area contributed by atoms with Gasteiger partial charge in [0.25, 0.3) is 0 Å². The summed E-state index contributed by atoms with van der Waals surface area (Å²) in [4.78, 5) is 10.1. The van der Waals surface area contributed by atoms with Crippen molar-refractivity contribution >= 4 is 0 Å². The van der Waals surface area contributed by atoms with Crippen molar-refractivity contribution in [3.8, 4) is 17.1 Å². The Morgan fingerprint density at radius 1 is 1.21 bits per heavy atom. The van der Waals surface area contributed by atoms with Gasteiger partial charge in [0.2, 0.25) is 0 Å². The first-order chi connectivity index (χ1) is 9.31. The zero-order valence-corrected chi connectivity index (χ0v) is 10.7. The van der Waals surface area contributed by atoms with Crippen molar-refractivity contribution in [2.45, 2.75) is 6.54 Å². The number of hydrogen-bond donors (Lipinski definition) is 2. The van der Waals surface area contributed by atoms with Gasteiger partial charge in [-0.15, -0.1) is 0 Å². The van der Waals surface area contributed by atoms with Gasteiger partial charge in [-0.05, 0) is 24.3 Å². The molecule has 0 saturated carbocycles. The standard InChI is InChI=1S/C14H17N3O2/c18-13-3-1-11(2-4-13)14-15-9-12(16-14)10-17-5-7-19-8-6-17/h1-4,9,18H,5-8,10H2,(H,15,16). The molecule has 0 unspecified atom stereocenters. The summed E-state index contributed by atoms with van der Waals surface area (Å²) in [6, 6.07) is 7.04. The van der Waals surface area contributed by atoms with Crippen LogP contribution in [-0.2, 0) is 11.3 Å². The Bertz CT molecular complexity index is 530. The lowest BCUT2D eigenvalue weighted by atomic mass is 10.2. The molecule has 2 heterocycles. The summed E-state index contributed by atoms with van der Waals surface area (Å²) in [6.07, 6.45) is 1.87. The second-order valence-corrected chi connectivity index (χ2v) is 4.69. The summed E-state index contributed by atoms with van der Waals surface area (Å²) in [6.45, 7) is 4.41. The summed E-state index contributed by atoms with van der Waals surface area (Å²) in [7, 11) is 0. The fourth-order valence-corrected chi connectivity index (χ4v) is 2.21. The van der Waals surface area contributed by atoms with E-state index in [9.17, 15) is 5.11 Å². The van der Waals surface area contributed by atoms with Gasteiger partial charge in [0.15, 0.2) is 0 Å². The number of benzene rings is 1. The molecule has 0 atom stereocenters. The molecule has 5 heteroatoms. The first-order valence-corrected chi connectivity index (χ1v) is 6.45. The maximum atomic E-state index is 9.28. The largest absolute Gasteiger partial charge is 0.508 e. The summed E-state index contributed by atoms with van der Waals surface area (Å²) >= 11 is 0. The lowest BCUT2D eigenvalue weighted by molar-refractivity contribution is 0.0337. The van der Waals surface area contributed by atoms with E-state index in [2.05, 4.69) is 14.9 Å². The lowest BCUT2D eigenvalue weighted by Crippen LogP contribution is -2.35. The zero-order valence-electron chi connectivity index (χ0n) is 10.7. The van der Waals surface area contributed by atoms with E-state index >= 15 is 0 Å². The van der Waals surface area contributed by atoms with Gasteiger partial charge < -0.3 is 14.8 Å². The number of aromatic amines is 1. The zero-order chi connectivity index (χ0) is 13.1. The average molecular weight is 259 g/mol. The summed E-state index contributed by atoms with van der Waals surface area (Å²) in [5.41, 5.74) is 2.08. The molecular weight excluding hydrogens is 242 g/mol. The minimum Gasteiger partial charge on any atom is -0.508 e. The summed E-state index contributed by atoms with van der Waals surface area (Å²) in [5, 5.41) is 9.28. The van der Waals surface area contributed by atoms with Gasteiger partial charge in [0.1, 0.15) is 11.6 Å². The van der Waals surface area contributed by atoms with Crippen molar-refractivity contribution in [1.82, 2.24) is 14.9 Å². The van der Waals surface area contributed by atoms with Gasteiger partial charge in [0.05, 0.1) is 13.2 Å². The Hall–Kier alpha value is -1.85. The van der Waals surface area contributed by atoms with Gasteiger partial charge in [-0.25, -0.2) is 4.98 Å². The van der Waals surface area contributed by atoms with Gasteiger partial charge in [-0.3, -0.25) is 4.90 Å². The van der Waals surface area contributed by atoms with E-state index in [0.29, 0.717) is 0 Å². The highest BCUT2D eigenvalue weighted by Crippen LogP contribution is 2.19. The van der Waals surface area contributed by atoms with Gasteiger partial charge in [0, 0.05) is 37.1 Å². The predicted molar refractivity (Wildman–Crippen MR) is 71.8 cm³/mol. The highest BCUT2D eigenvalue weighted by Gasteiger charge is 2.12. The molecule has 2 aromatic rings. The molecule has 5 nitrogen and oxygen atoms in total. The number of phenols is 1. The predicted octanol–water partition coefficient (Wildman–Crippen LogP) is 1.61. The van der Waals surface area contributed by atoms with Crippen LogP contribution in [0.3, 0.4) is 0 Å². The Balaban J connectivity index is 1.70. The van der Waals surface area contributed by atoms with Crippen molar-refractivity contribution in [3.63, 3.8) is 0 Å². The van der Waals surface area contributed by atoms with E-state index in [1.807, 2.05) is 18.3 Å². The highest BCUT2D eigenvalue weighted by molar-refractivity contribution is 5.56. The fourth-order valence-electron chi connectivity index (χ4n) is 2.21. The monoisotopic (exact) mass is 259 g/mol. The third kappa shape index (κ3) is 2.94. The van der Waals surface area contributed by atoms with Gasteiger partial charge in [-0.1, -0.05) is 0 Å². The van der Waals surface area contributed by atoms with Crippen LogP contribution in [0.25, 0.3) is 11.4 Å². The molecule has 0 amide bonds. The van der Waals surface area contributed by atoms with Crippen LogP contribution < -0.4 is 0 Å². The second-order valence-electron chi connectivity index (χ2n) is 4.69. The first-order valence-electron chi connectivity index (χ1n) is 6.45. The van der Waals surface area contributed by atoms with E-state index in [1.165, 1.54) is 0 Å². The second kappa shape index (κ2) is 5.42. The fraction of sp³-hybridized carbons (Fsp3) is 0.357. The average Bonchev–Trinajstić information content (AvgIpc) is 2.89. The van der Waals surface area contributed by atoms with E-state index in [1.54, 1.807) is 12.1 Å². The number of H-pyrrole nitrogens is 1. The van der Waals surface area contributed by atoms with Crippen molar-refractivity contribution in [2.24, 2.45) is 0 Å². The molecule has 0 radical (unpaired) electrons. The van der Waals surface area contributed by atoms with Crippen LogP contribution in [0.2, 0.25) is 0 Å². The Morgan fingerprint density at radius 3 is 2.68 bits per heavy atom. The van der Waals surface area contributed by atoms with E-state index in [0.717, 1.165) is 49.9 Å². The van der Waals surface area contributed by atoms with E-state index in [-0.39, 0.29) is 5.75 Å². The maximum absolute atomic E-state index is 9.28. The van der Waals surface area contributed by atoms with Crippen LogP contribution in [0, 0.1) is 0 Å². The van der Waals surface area contributed by atoms with Crippen LogP contribution in [-0.4, -0.2) is 46.3 Å². The number of phenolic OH excluding ortho intramolecular Hbond substituents is 1. The third-order valence-corrected chi connectivity index (χ3v) is 3.27. The summed E-state index contributed by atoms with van der Waals surface area (Å²) in [5.74, 6) is 1.10. The molecule has 3 rings (SSSR count). The van der Waals surface area contributed by atoms with Crippen molar-refractivity contribution in [1.29, 1.82) is 0 Å². The normalized spacial score (nSPS) is 16.6.